The van der Waals surface area contributed by atoms with Gasteiger partial charge in [0.25, 0.3) is 0 Å². The summed E-state index contributed by atoms with van der Waals surface area (Å²) in [6, 6.07) is 9.72. The highest BCUT2D eigenvalue weighted by Gasteiger charge is 2.40. The van der Waals surface area contributed by atoms with Crippen molar-refractivity contribution in [3.63, 3.8) is 0 Å². The number of nitrogens with one attached hydrogen (secondary N) is 1. The van der Waals surface area contributed by atoms with Gasteiger partial charge < -0.3 is 14.8 Å². The molecule has 1 heterocycles. The Bertz CT molecular complexity index is 468. The molecule has 1 saturated heterocycles. The molecule has 0 saturated carbocycles. The third-order valence-corrected chi connectivity index (χ3v) is 5.11. The van der Waals surface area contributed by atoms with Gasteiger partial charge in [0.15, 0.2) is 0 Å². The molecular formula is C17H26N2O2. The monoisotopic (exact) mass is 290 g/mol. The van der Waals surface area contributed by atoms with Gasteiger partial charge in [-0.3, -0.25) is 4.90 Å². The van der Waals surface area contributed by atoms with Crippen LogP contribution in [0.25, 0.3) is 0 Å². The van der Waals surface area contributed by atoms with Crippen LogP contribution in [-0.2, 0) is 15.9 Å². The standard InChI is InChI=1S/C17H26N2O2/c1-18-17-13-7-5-4-6-12(13)8-9-14(17)19-10-15(20-2)16(11-19)21-3/h4-7,14-18H,8-11H2,1-3H3. The van der Waals surface area contributed by atoms with Crippen molar-refractivity contribution in [3.8, 4) is 0 Å². The lowest BCUT2D eigenvalue weighted by Crippen LogP contribution is -2.46. The van der Waals surface area contributed by atoms with Crippen LogP contribution in [-0.4, -0.2) is 57.5 Å². The van der Waals surface area contributed by atoms with Crippen molar-refractivity contribution < 1.29 is 9.47 Å². The number of ether oxygens (including phenoxy) is 2. The zero-order valence-corrected chi connectivity index (χ0v) is 13.2. The van der Waals surface area contributed by atoms with E-state index < -0.39 is 0 Å². The van der Waals surface area contributed by atoms with Crippen LogP contribution >= 0.6 is 0 Å². The van der Waals surface area contributed by atoms with Gasteiger partial charge in [0.1, 0.15) is 0 Å². The molecule has 116 valence electrons. The molecule has 0 amide bonds. The van der Waals surface area contributed by atoms with Gasteiger partial charge >= 0.3 is 0 Å². The first-order valence-electron chi connectivity index (χ1n) is 7.83. The van der Waals surface area contributed by atoms with Gasteiger partial charge in [-0.05, 0) is 31.0 Å². The van der Waals surface area contributed by atoms with Crippen molar-refractivity contribution in [1.29, 1.82) is 0 Å². The number of rotatable bonds is 4. The molecule has 21 heavy (non-hydrogen) atoms. The molecule has 1 fully saturated rings. The Morgan fingerprint density at radius 3 is 2.38 bits per heavy atom. The summed E-state index contributed by atoms with van der Waals surface area (Å²) in [6.07, 6.45) is 2.72. The number of benzene rings is 1. The molecular weight excluding hydrogens is 264 g/mol. The molecule has 0 bridgehead atoms. The minimum Gasteiger partial charge on any atom is -0.377 e. The lowest BCUT2D eigenvalue weighted by atomic mass is 9.83. The van der Waals surface area contributed by atoms with Gasteiger partial charge in [0, 0.05) is 39.4 Å². The number of fused-ring (bicyclic) bond motifs is 1. The van der Waals surface area contributed by atoms with E-state index in [-0.39, 0.29) is 12.2 Å². The maximum absolute atomic E-state index is 5.59. The minimum atomic E-state index is 0.185. The molecule has 2 aliphatic rings. The molecule has 4 unspecified atom stereocenters. The summed E-state index contributed by atoms with van der Waals surface area (Å²) in [5, 5.41) is 3.53. The summed E-state index contributed by atoms with van der Waals surface area (Å²) < 4.78 is 11.2. The van der Waals surface area contributed by atoms with Gasteiger partial charge in [-0.1, -0.05) is 24.3 Å². The van der Waals surface area contributed by atoms with Gasteiger partial charge in [-0.25, -0.2) is 0 Å². The van der Waals surface area contributed by atoms with E-state index in [9.17, 15) is 0 Å². The van der Waals surface area contributed by atoms with Crippen LogP contribution in [0.1, 0.15) is 23.6 Å². The van der Waals surface area contributed by atoms with E-state index in [1.165, 1.54) is 17.5 Å². The Kier molecular flexibility index (Phi) is 4.60. The lowest BCUT2D eigenvalue weighted by Gasteiger charge is -2.39. The number of methoxy groups -OCH3 is 2. The van der Waals surface area contributed by atoms with Crippen LogP contribution in [0.4, 0.5) is 0 Å². The molecule has 4 nitrogen and oxygen atoms in total. The summed E-state index contributed by atoms with van der Waals surface area (Å²) in [4.78, 5) is 2.54. The third kappa shape index (κ3) is 2.73. The fourth-order valence-electron chi connectivity index (χ4n) is 3.98. The van der Waals surface area contributed by atoms with Crippen molar-refractivity contribution in [3.05, 3.63) is 35.4 Å². The number of hydrogen-bond acceptors (Lipinski definition) is 4. The van der Waals surface area contributed by atoms with E-state index in [4.69, 9.17) is 9.47 Å². The fraction of sp³-hybridized carbons (Fsp3) is 0.647. The largest absolute Gasteiger partial charge is 0.377 e. The number of likely N-dealkylation sites (tertiary alicyclic amines) is 1. The highest BCUT2D eigenvalue weighted by atomic mass is 16.5. The highest BCUT2D eigenvalue weighted by Crippen LogP contribution is 2.34. The molecule has 4 heteroatoms. The van der Waals surface area contributed by atoms with Crippen LogP contribution < -0.4 is 5.32 Å². The molecule has 3 rings (SSSR count). The van der Waals surface area contributed by atoms with Crippen LogP contribution in [0, 0.1) is 0 Å². The van der Waals surface area contributed by atoms with E-state index >= 15 is 0 Å². The number of hydrogen-bond donors (Lipinski definition) is 1. The minimum absolute atomic E-state index is 0.185. The van der Waals surface area contributed by atoms with Crippen molar-refractivity contribution in [2.24, 2.45) is 0 Å². The van der Waals surface area contributed by atoms with Crippen molar-refractivity contribution in [2.75, 3.05) is 34.4 Å². The average molecular weight is 290 g/mol. The normalized spacial score (nSPS) is 33.1. The predicted molar refractivity (Wildman–Crippen MR) is 83.5 cm³/mol. The highest BCUT2D eigenvalue weighted by molar-refractivity contribution is 5.34. The van der Waals surface area contributed by atoms with Crippen molar-refractivity contribution in [1.82, 2.24) is 10.2 Å². The number of likely N-dealkylation sites (N-methyl/N-ethyl adjacent to an activating group) is 1. The van der Waals surface area contributed by atoms with Crippen LogP contribution in [0.15, 0.2) is 24.3 Å². The van der Waals surface area contributed by atoms with E-state index in [1.807, 2.05) is 0 Å². The maximum Gasteiger partial charge on any atom is 0.0971 e. The first-order chi connectivity index (χ1) is 10.3. The Labute approximate surface area is 127 Å². The Hall–Kier alpha value is -0.940. The second kappa shape index (κ2) is 6.44. The zero-order chi connectivity index (χ0) is 14.8. The molecule has 1 aliphatic heterocycles. The van der Waals surface area contributed by atoms with Gasteiger partial charge in [0.2, 0.25) is 0 Å². The average Bonchev–Trinajstić information content (AvgIpc) is 2.96. The molecule has 1 N–H and O–H groups in total. The molecule has 0 radical (unpaired) electrons. The first kappa shape index (κ1) is 15.0. The molecule has 0 aromatic heterocycles. The quantitative estimate of drug-likeness (QED) is 0.913. The second-order valence-electron chi connectivity index (χ2n) is 6.07. The van der Waals surface area contributed by atoms with Gasteiger partial charge in [-0.15, -0.1) is 0 Å². The second-order valence-corrected chi connectivity index (χ2v) is 6.07. The smallest absolute Gasteiger partial charge is 0.0971 e. The van der Waals surface area contributed by atoms with E-state index in [0.717, 1.165) is 19.5 Å². The van der Waals surface area contributed by atoms with Crippen LogP contribution in [0.2, 0.25) is 0 Å². The Morgan fingerprint density at radius 2 is 1.76 bits per heavy atom. The molecule has 1 aromatic carbocycles. The van der Waals surface area contributed by atoms with E-state index in [1.54, 1.807) is 14.2 Å². The summed E-state index contributed by atoms with van der Waals surface area (Å²) in [7, 11) is 5.63. The van der Waals surface area contributed by atoms with E-state index in [0.29, 0.717) is 12.1 Å². The number of aryl methyl sites for hydroxylation is 1. The topological polar surface area (TPSA) is 33.7 Å². The SMILES string of the molecule is CNC1c2ccccc2CCC1N1CC(OC)C(OC)C1. The summed E-state index contributed by atoms with van der Waals surface area (Å²) in [5.74, 6) is 0. The fourth-order valence-corrected chi connectivity index (χ4v) is 3.98. The van der Waals surface area contributed by atoms with Crippen molar-refractivity contribution >= 4 is 0 Å². The Morgan fingerprint density at radius 1 is 1.10 bits per heavy atom. The van der Waals surface area contributed by atoms with Gasteiger partial charge in [-0.2, -0.15) is 0 Å². The number of nitrogens with zero attached hydrogens (tertiary/aromatic N) is 1. The Balaban J connectivity index is 1.80. The lowest BCUT2D eigenvalue weighted by molar-refractivity contribution is -0.00461. The molecule has 0 spiro atoms. The maximum atomic E-state index is 5.59. The van der Waals surface area contributed by atoms with Crippen LogP contribution in [0.3, 0.4) is 0 Å². The molecule has 4 atom stereocenters. The van der Waals surface area contributed by atoms with E-state index in [2.05, 4.69) is 41.5 Å². The first-order valence-corrected chi connectivity index (χ1v) is 7.83. The summed E-state index contributed by atoms with van der Waals surface area (Å²) in [5.41, 5.74) is 2.94. The van der Waals surface area contributed by atoms with Crippen molar-refractivity contribution in [2.45, 2.75) is 37.1 Å². The molecule has 1 aromatic rings. The summed E-state index contributed by atoms with van der Waals surface area (Å²) in [6.45, 7) is 1.92. The zero-order valence-electron chi connectivity index (χ0n) is 13.2. The third-order valence-electron chi connectivity index (χ3n) is 5.11. The van der Waals surface area contributed by atoms with Gasteiger partial charge in [0.05, 0.1) is 12.2 Å². The summed E-state index contributed by atoms with van der Waals surface area (Å²) >= 11 is 0. The van der Waals surface area contributed by atoms with Crippen LogP contribution in [0.5, 0.6) is 0 Å². The molecule has 1 aliphatic carbocycles. The predicted octanol–water partition coefficient (Wildman–Crippen LogP) is 1.61.